The van der Waals surface area contributed by atoms with Gasteiger partial charge in [0.05, 0.1) is 19.3 Å². The highest BCUT2D eigenvalue weighted by atomic mass is 16.5. The summed E-state index contributed by atoms with van der Waals surface area (Å²) in [4.78, 5) is 0. The molecule has 3 N–H and O–H groups in total. The highest BCUT2D eigenvalue weighted by Gasteiger charge is 2.09. The van der Waals surface area contributed by atoms with Crippen LogP contribution in [0.1, 0.15) is 31.4 Å². The van der Waals surface area contributed by atoms with Crippen molar-refractivity contribution in [1.82, 2.24) is 0 Å². The molecule has 3 heteroatoms. The van der Waals surface area contributed by atoms with Crippen molar-refractivity contribution in [1.29, 1.82) is 0 Å². The van der Waals surface area contributed by atoms with E-state index in [-0.39, 0.29) is 12.6 Å². The monoisotopic (exact) mass is 209 g/mol. The molecule has 0 aromatic heterocycles. The van der Waals surface area contributed by atoms with Crippen molar-refractivity contribution in [3.05, 3.63) is 29.8 Å². The summed E-state index contributed by atoms with van der Waals surface area (Å²) in [6.45, 7) is 2.76. The van der Waals surface area contributed by atoms with Crippen LogP contribution >= 0.6 is 0 Å². The van der Waals surface area contributed by atoms with Gasteiger partial charge in [-0.25, -0.2) is 0 Å². The van der Waals surface area contributed by atoms with Gasteiger partial charge in [0.1, 0.15) is 5.75 Å². The molecule has 1 unspecified atom stereocenters. The van der Waals surface area contributed by atoms with Crippen LogP contribution in [0.3, 0.4) is 0 Å². The van der Waals surface area contributed by atoms with E-state index in [1.165, 1.54) is 0 Å². The molecule has 3 nitrogen and oxygen atoms in total. The summed E-state index contributed by atoms with van der Waals surface area (Å²) in [7, 11) is 0. The summed E-state index contributed by atoms with van der Waals surface area (Å²) in [6.07, 6.45) is 2.14. The van der Waals surface area contributed by atoms with Crippen molar-refractivity contribution >= 4 is 0 Å². The lowest BCUT2D eigenvalue weighted by atomic mass is 10.1. The van der Waals surface area contributed by atoms with Crippen molar-refractivity contribution in [3.63, 3.8) is 0 Å². The molecule has 0 radical (unpaired) electrons. The summed E-state index contributed by atoms with van der Waals surface area (Å²) in [5.41, 5.74) is 6.64. The molecule has 0 spiro atoms. The van der Waals surface area contributed by atoms with Crippen LogP contribution < -0.4 is 10.5 Å². The first-order chi connectivity index (χ1) is 7.29. The van der Waals surface area contributed by atoms with E-state index >= 15 is 0 Å². The van der Waals surface area contributed by atoms with Gasteiger partial charge in [-0.15, -0.1) is 0 Å². The molecule has 1 atom stereocenters. The number of nitrogens with two attached hydrogens (primary N) is 1. The Morgan fingerprint density at radius 1 is 1.40 bits per heavy atom. The molecule has 0 aliphatic carbocycles. The van der Waals surface area contributed by atoms with Crippen molar-refractivity contribution in [2.75, 3.05) is 13.2 Å². The van der Waals surface area contributed by atoms with Gasteiger partial charge in [0, 0.05) is 5.56 Å². The number of benzene rings is 1. The van der Waals surface area contributed by atoms with E-state index in [4.69, 9.17) is 15.6 Å². The Morgan fingerprint density at radius 2 is 2.13 bits per heavy atom. The molecule has 0 fully saturated rings. The summed E-state index contributed by atoms with van der Waals surface area (Å²) in [6, 6.07) is 7.23. The topological polar surface area (TPSA) is 55.5 Å². The fourth-order valence-corrected chi connectivity index (χ4v) is 1.34. The average molecular weight is 209 g/mol. The predicted octanol–water partition coefficient (Wildman–Crippen LogP) is 1.86. The molecular weight excluding hydrogens is 190 g/mol. The first-order valence-electron chi connectivity index (χ1n) is 5.37. The van der Waals surface area contributed by atoms with E-state index in [1.807, 2.05) is 24.3 Å². The molecule has 84 valence electrons. The largest absolute Gasteiger partial charge is 0.493 e. The van der Waals surface area contributed by atoms with E-state index in [2.05, 4.69) is 6.92 Å². The van der Waals surface area contributed by atoms with Crippen LogP contribution in [-0.4, -0.2) is 18.3 Å². The van der Waals surface area contributed by atoms with Crippen LogP contribution in [0.2, 0.25) is 0 Å². The quantitative estimate of drug-likeness (QED) is 0.703. The minimum Gasteiger partial charge on any atom is -0.493 e. The zero-order valence-corrected chi connectivity index (χ0v) is 9.15. The van der Waals surface area contributed by atoms with Gasteiger partial charge in [-0.3, -0.25) is 0 Å². The van der Waals surface area contributed by atoms with Crippen LogP contribution in [0.25, 0.3) is 0 Å². The van der Waals surface area contributed by atoms with Gasteiger partial charge in [0.2, 0.25) is 0 Å². The van der Waals surface area contributed by atoms with E-state index < -0.39 is 0 Å². The smallest absolute Gasteiger partial charge is 0.124 e. The fraction of sp³-hybridized carbons (Fsp3) is 0.500. The Balaban J connectivity index is 2.68. The number of rotatable bonds is 6. The molecule has 1 rings (SSSR count). The van der Waals surface area contributed by atoms with Gasteiger partial charge in [-0.1, -0.05) is 31.5 Å². The second kappa shape index (κ2) is 6.43. The Hall–Kier alpha value is -1.06. The molecule has 0 bridgehead atoms. The summed E-state index contributed by atoms with van der Waals surface area (Å²) >= 11 is 0. The third-order valence-corrected chi connectivity index (χ3v) is 2.27. The van der Waals surface area contributed by atoms with Gasteiger partial charge >= 0.3 is 0 Å². The first-order valence-corrected chi connectivity index (χ1v) is 5.37. The maximum atomic E-state index is 9.00. The van der Waals surface area contributed by atoms with Crippen molar-refractivity contribution in [2.45, 2.75) is 25.8 Å². The SMILES string of the molecule is CCCCOc1ccccc1C(N)CO. The van der Waals surface area contributed by atoms with Crippen LogP contribution in [-0.2, 0) is 0 Å². The van der Waals surface area contributed by atoms with E-state index in [0.29, 0.717) is 6.61 Å². The maximum Gasteiger partial charge on any atom is 0.124 e. The lowest BCUT2D eigenvalue weighted by Crippen LogP contribution is -2.16. The van der Waals surface area contributed by atoms with E-state index in [9.17, 15) is 0 Å². The molecule has 0 aliphatic rings. The van der Waals surface area contributed by atoms with Crippen molar-refractivity contribution in [3.8, 4) is 5.75 Å². The molecule has 1 aromatic carbocycles. The van der Waals surface area contributed by atoms with Gasteiger partial charge in [-0.05, 0) is 12.5 Å². The number of unbranched alkanes of at least 4 members (excludes halogenated alkanes) is 1. The predicted molar refractivity (Wildman–Crippen MR) is 60.9 cm³/mol. The third kappa shape index (κ3) is 3.53. The molecule has 0 saturated heterocycles. The molecule has 1 aromatic rings. The number of hydrogen-bond donors (Lipinski definition) is 2. The second-order valence-corrected chi connectivity index (χ2v) is 3.53. The van der Waals surface area contributed by atoms with Gasteiger partial charge in [0.25, 0.3) is 0 Å². The minimum absolute atomic E-state index is 0.0614. The lowest BCUT2D eigenvalue weighted by Gasteiger charge is -2.14. The first kappa shape index (κ1) is 12.0. The Bertz CT molecular complexity index is 289. The molecular formula is C12H19NO2. The van der Waals surface area contributed by atoms with E-state index in [0.717, 1.165) is 24.2 Å². The molecule has 0 saturated carbocycles. The lowest BCUT2D eigenvalue weighted by molar-refractivity contribution is 0.259. The molecule has 0 heterocycles. The standard InChI is InChI=1S/C12H19NO2/c1-2-3-8-15-12-7-5-4-6-10(12)11(13)9-14/h4-7,11,14H,2-3,8-9,13H2,1H3. The molecule has 0 amide bonds. The average Bonchev–Trinajstić information content (AvgIpc) is 2.29. The van der Waals surface area contributed by atoms with Crippen molar-refractivity contribution in [2.24, 2.45) is 5.73 Å². The van der Waals surface area contributed by atoms with Crippen LogP contribution in [0.5, 0.6) is 5.75 Å². The highest BCUT2D eigenvalue weighted by Crippen LogP contribution is 2.23. The molecule has 15 heavy (non-hydrogen) atoms. The van der Waals surface area contributed by atoms with Gasteiger partial charge < -0.3 is 15.6 Å². The van der Waals surface area contributed by atoms with E-state index in [1.54, 1.807) is 0 Å². The zero-order valence-electron chi connectivity index (χ0n) is 9.15. The van der Waals surface area contributed by atoms with Gasteiger partial charge in [0.15, 0.2) is 0 Å². The Morgan fingerprint density at radius 3 is 2.80 bits per heavy atom. The third-order valence-electron chi connectivity index (χ3n) is 2.27. The molecule has 0 aliphatic heterocycles. The van der Waals surface area contributed by atoms with Crippen LogP contribution in [0.15, 0.2) is 24.3 Å². The number of aliphatic hydroxyl groups is 1. The number of para-hydroxylation sites is 1. The summed E-state index contributed by atoms with van der Waals surface area (Å²) in [5.74, 6) is 0.785. The number of aliphatic hydroxyl groups excluding tert-OH is 1. The number of ether oxygens (including phenoxy) is 1. The fourth-order valence-electron chi connectivity index (χ4n) is 1.34. The summed E-state index contributed by atoms with van der Waals surface area (Å²) < 4.78 is 5.61. The number of hydrogen-bond acceptors (Lipinski definition) is 3. The van der Waals surface area contributed by atoms with Crippen LogP contribution in [0, 0.1) is 0 Å². The normalized spacial score (nSPS) is 12.5. The zero-order chi connectivity index (χ0) is 11.1. The summed E-state index contributed by atoms with van der Waals surface area (Å²) in [5, 5.41) is 9.00. The van der Waals surface area contributed by atoms with Crippen molar-refractivity contribution < 1.29 is 9.84 Å². The maximum absolute atomic E-state index is 9.00. The van der Waals surface area contributed by atoms with Gasteiger partial charge in [-0.2, -0.15) is 0 Å². The van der Waals surface area contributed by atoms with Crippen LogP contribution in [0.4, 0.5) is 0 Å². The Kier molecular flexibility index (Phi) is 5.15. The highest BCUT2D eigenvalue weighted by molar-refractivity contribution is 5.35. The Labute approximate surface area is 90.9 Å². The second-order valence-electron chi connectivity index (χ2n) is 3.53. The minimum atomic E-state index is -0.358.